The number of rotatable bonds is 6. The molecule has 0 spiro atoms. The summed E-state index contributed by atoms with van der Waals surface area (Å²) >= 11 is 0. The molecule has 0 aliphatic rings. The molecule has 0 unspecified atom stereocenters. The fourth-order valence-electron chi connectivity index (χ4n) is 6.87. The second-order valence-corrected chi connectivity index (χ2v) is 22.2. The monoisotopic (exact) mass is 704 g/mol. The second-order valence-electron chi connectivity index (χ2n) is 20.7. The maximum absolute atomic E-state index is 15.7. The van der Waals surface area contributed by atoms with Crippen molar-refractivity contribution >= 4 is 7.82 Å². The lowest BCUT2D eigenvalue weighted by molar-refractivity contribution is 0.290. The van der Waals surface area contributed by atoms with Crippen LogP contribution in [-0.2, 0) is 37.1 Å². The zero-order valence-electron chi connectivity index (χ0n) is 35.5. The van der Waals surface area contributed by atoms with Crippen LogP contribution in [0.25, 0.3) is 0 Å². The van der Waals surface area contributed by atoms with E-state index in [0.29, 0.717) is 17.2 Å². The smallest absolute Gasteiger partial charge is 0.386 e. The Morgan fingerprint density at radius 2 is 0.520 bits per heavy atom. The van der Waals surface area contributed by atoms with Gasteiger partial charge in [0.1, 0.15) is 17.2 Å². The Hall–Kier alpha value is -2.71. The maximum atomic E-state index is 15.7. The molecule has 0 saturated heterocycles. The van der Waals surface area contributed by atoms with Crippen LogP contribution in [0.2, 0.25) is 0 Å². The fourth-order valence-corrected chi connectivity index (χ4v) is 8.16. The van der Waals surface area contributed by atoms with Crippen molar-refractivity contribution in [2.75, 3.05) is 0 Å². The minimum atomic E-state index is -4.40. The van der Waals surface area contributed by atoms with Gasteiger partial charge in [0, 0.05) is 16.7 Å². The molecule has 0 aromatic heterocycles. The van der Waals surface area contributed by atoms with E-state index >= 15 is 4.57 Å². The van der Waals surface area contributed by atoms with Crippen molar-refractivity contribution < 1.29 is 18.1 Å². The van der Waals surface area contributed by atoms with E-state index in [4.69, 9.17) is 13.6 Å². The quantitative estimate of drug-likeness (QED) is 0.240. The van der Waals surface area contributed by atoms with Crippen LogP contribution in [-0.4, -0.2) is 0 Å². The SMILES string of the molecule is Cc1cc(OP(=O)(Oc2cc(C)c(C(C)(C)C)cc2C(C)(C)C)Oc2cc(C)c(C(C)(C)C)cc2C(C)(C)C)c(C(C)(C)C)cc1C(C)(C)C. The molecule has 0 bridgehead atoms. The predicted molar refractivity (Wildman–Crippen MR) is 215 cm³/mol. The molecule has 0 aliphatic carbocycles. The molecule has 0 amide bonds. The van der Waals surface area contributed by atoms with Crippen molar-refractivity contribution in [2.45, 2.75) is 178 Å². The third-order valence-electron chi connectivity index (χ3n) is 9.46. The van der Waals surface area contributed by atoms with Crippen molar-refractivity contribution in [3.05, 3.63) is 86.5 Å². The predicted octanol–water partition coefficient (Wildman–Crippen LogP) is 14.0. The Bertz CT molecular complexity index is 1560. The van der Waals surface area contributed by atoms with Crippen LogP contribution in [0, 0.1) is 20.8 Å². The van der Waals surface area contributed by atoms with Gasteiger partial charge in [-0.15, -0.1) is 0 Å². The first kappa shape index (κ1) is 41.7. The normalized spacial score (nSPS) is 13.8. The third-order valence-corrected chi connectivity index (χ3v) is 10.7. The summed E-state index contributed by atoms with van der Waals surface area (Å²) in [6.07, 6.45) is 0. The average Bonchev–Trinajstić information content (AvgIpc) is 2.84. The molecular formula is C45H69O4P. The summed E-state index contributed by atoms with van der Waals surface area (Å²) in [7, 11) is -4.40. The van der Waals surface area contributed by atoms with E-state index in [1.54, 1.807) is 0 Å². The number of hydrogen-bond acceptors (Lipinski definition) is 4. The molecule has 0 heterocycles. The first-order valence-corrected chi connectivity index (χ1v) is 19.8. The van der Waals surface area contributed by atoms with Gasteiger partial charge in [0.25, 0.3) is 0 Å². The fraction of sp³-hybridized carbons (Fsp3) is 0.600. The number of aryl methyl sites for hydroxylation is 3. The van der Waals surface area contributed by atoms with Crippen molar-refractivity contribution in [1.29, 1.82) is 0 Å². The summed E-state index contributed by atoms with van der Waals surface area (Å²) in [5, 5.41) is 0. The highest BCUT2D eigenvalue weighted by atomic mass is 31.2. The average molecular weight is 705 g/mol. The maximum Gasteiger partial charge on any atom is 0.647 e. The minimum Gasteiger partial charge on any atom is -0.386 e. The number of hydrogen-bond donors (Lipinski definition) is 0. The number of phosphoric ester groups is 1. The van der Waals surface area contributed by atoms with Crippen LogP contribution < -0.4 is 13.6 Å². The largest absolute Gasteiger partial charge is 0.647 e. The molecule has 0 fully saturated rings. The van der Waals surface area contributed by atoms with E-state index in [1.807, 2.05) is 18.2 Å². The molecule has 0 N–H and O–H groups in total. The van der Waals surface area contributed by atoms with Gasteiger partial charge in [-0.25, -0.2) is 0 Å². The highest BCUT2D eigenvalue weighted by molar-refractivity contribution is 7.49. The molecule has 3 rings (SSSR count). The lowest BCUT2D eigenvalue weighted by Gasteiger charge is -2.33. The van der Waals surface area contributed by atoms with E-state index in [2.05, 4.69) is 164 Å². The summed E-state index contributed by atoms with van der Waals surface area (Å²) in [4.78, 5) is 0. The summed E-state index contributed by atoms with van der Waals surface area (Å²) in [5.41, 5.74) is 8.53. The molecule has 50 heavy (non-hydrogen) atoms. The van der Waals surface area contributed by atoms with Crippen LogP contribution in [0.3, 0.4) is 0 Å². The van der Waals surface area contributed by atoms with Crippen molar-refractivity contribution in [1.82, 2.24) is 0 Å². The molecule has 0 atom stereocenters. The summed E-state index contributed by atoms with van der Waals surface area (Å²) < 4.78 is 35.9. The molecule has 3 aromatic carbocycles. The van der Waals surface area contributed by atoms with Gasteiger partial charge in [-0.1, -0.05) is 143 Å². The van der Waals surface area contributed by atoms with Crippen LogP contribution in [0.5, 0.6) is 17.2 Å². The van der Waals surface area contributed by atoms with Crippen molar-refractivity contribution in [2.24, 2.45) is 0 Å². The van der Waals surface area contributed by atoms with Gasteiger partial charge < -0.3 is 13.6 Å². The first-order chi connectivity index (χ1) is 22.1. The Morgan fingerprint density at radius 3 is 0.680 bits per heavy atom. The van der Waals surface area contributed by atoms with Gasteiger partial charge >= 0.3 is 7.82 Å². The number of benzene rings is 3. The van der Waals surface area contributed by atoms with E-state index < -0.39 is 7.82 Å². The Morgan fingerprint density at radius 1 is 0.340 bits per heavy atom. The van der Waals surface area contributed by atoms with Gasteiger partial charge in [0.15, 0.2) is 0 Å². The zero-order valence-corrected chi connectivity index (χ0v) is 36.4. The lowest BCUT2D eigenvalue weighted by Crippen LogP contribution is -2.22. The molecule has 5 heteroatoms. The highest BCUT2D eigenvalue weighted by Gasteiger charge is 2.40. The molecule has 0 saturated carbocycles. The van der Waals surface area contributed by atoms with Gasteiger partial charge in [-0.2, -0.15) is 4.57 Å². The standard InChI is InChI=1S/C45H69O4P/c1-28-22-37(34(43(13,14)15)25-31(28)40(4,5)6)47-50(46,48-38-23-29(2)32(41(7,8)9)26-35(38)44(16,17)18)49-39-24-30(3)33(42(10,11)12)27-36(39)45(19,20)21/h22-27H,1-21H3. The Kier molecular flexibility index (Phi) is 11.1. The zero-order chi connectivity index (χ0) is 38.8. The number of phosphoric acid groups is 1. The highest BCUT2D eigenvalue weighted by Crippen LogP contribution is 2.56. The molecular weight excluding hydrogens is 635 g/mol. The van der Waals surface area contributed by atoms with Crippen LogP contribution in [0.15, 0.2) is 36.4 Å². The van der Waals surface area contributed by atoms with E-state index in [-0.39, 0.29) is 32.5 Å². The lowest BCUT2D eigenvalue weighted by atomic mass is 9.78. The van der Waals surface area contributed by atoms with E-state index in [0.717, 1.165) is 33.4 Å². The van der Waals surface area contributed by atoms with E-state index in [9.17, 15) is 0 Å². The first-order valence-electron chi connectivity index (χ1n) is 18.3. The van der Waals surface area contributed by atoms with Crippen LogP contribution in [0.4, 0.5) is 0 Å². The summed E-state index contributed by atoms with van der Waals surface area (Å²) in [5.74, 6) is 1.52. The Balaban J connectivity index is 2.43. The molecule has 0 aliphatic heterocycles. The molecule has 3 aromatic rings. The van der Waals surface area contributed by atoms with E-state index in [1.165, 1.54) is 16.7 Å². The summed E-state index contributed by atoms with van der Waals surface area (Å²) in [6, 6.07) is 12.7. The van der Waals surface area contributed by atoms with Gasteiger partial charge in [-0.3, -0.25) is 0 Å². The van der Waals surface area contributed by atoms with Crippen LogP contribution >= 0.6 is 7.82 Å². The van der Waals surface area contributed by atoms with Crippen molar-refractivity contribution in [3.63, 3.8) is 0 Å². The third kappa shape index (κ3) is 9.58. The molecule has 278 valence electrons. The van der Waals surface area contributed by atoms with Crippen molar-refractivity contribution in [3.8, 4) is 17.2 Å². The van der Waals surface area contributed by atoms with Crippen LogP contribution in [0.1, 0.15) is 175 Å². The molecule has 4 nitrogen and oxygen atoms in total. The molecule has 0 radical (unpaired) electrons. The summed E-state index contributed by atoms with van der Waals surface area (Å²) in [6.45, 7) is 45.6. The van der Waals surface area contributed by atoms with Gasteiger partial charge in [0.05, 0.1) is 0 Å². The second kappa shape index (κ2) is 13.4. The minimum absolute atomic E-state index is 0.0822. The van der Waals surface area contributed by atoms with Gasteiger partial charge in [0.2, 0.25) is 0 Å². The van der Waals surface area contributed by atoms with Gasteiger partial charge in [-0.05, 0) is 105 Å². The topological polar surface area (TPSA) is 44.8 Å². The Labute approximate surface area is 306 Å².